The highest BCUT2D eigenvalue weighted by molar-refractivity contribution is 7.92. The summed E-state index contributed by atoms with van der Waals surface area (Å²) >= 11 is 0. The molecular formula is C36H41N3O5S. The minimum absolute atomic E-state index is 0.0557. The van der Waals surface area contributed by atoms with E-state index in [-0.39, 0.29) is 29.8 Å². The van der Waals surface area contributed by atoms with Gasteiger partial charge in [-0.2, -0.15) is 0 Å². The van der Waals surface area contributed by atoms with Crippen LogP contribution in [0.4, 0.5) is 5.69 Å². The third kappa shape index (κ3) is 8.73. The Balaban J connectivity index is 1.80. The fourth-order valence-corrected chi connectivity index (χ4v) is 6.35. The first kappa shape index (κ1) is 33.3. The molecule has 8 nitrogen and oxygen atoms in total. The Morgan fingerprint density at radius 3 is 1.91 bits per heavy atom. The minimum atomic E-state index is -4.18. The number of carbonyl (C=O) groups is 2. The average molecular weight is 628 g/mol. The van der Waals surface area contributed by atoms with Gasteiger partial charge < -0.3 is 15.0 Å². The number of rotatable bonds is 13. The molecule has 1 atom stereocenters. The summed E-state index contributed by atoms with van der Waals surface area (Å²) in [6, 6.07) is 29.2. The molecular weight excluding hydrogens is 586 g/mol. The molecule has 0 aromatic heterocycles. The van der Waals surface area contributed by atoms with Crippen molar-refractivity contribution >= 4 is 27.5 Å². The highest BCUT2D eigenvalue weighted by atomic mass is 32.2. The van der Waals surface area contributed by atoms with Gasteiger partial charge >= 0.3 is 0 Å². The Morgan fingerprint density at radius 1 is 0.778 bits per heavy atom. The quantitative estimate of drug-likeness (QED) is 0.206. The minimum Gasteiger partial charge on any atom is -0.497 e. The van der Waals surface area contributed by atoms with E-state index < -0.39 is 28.5 Å². The van der Waals surface area contributed by atoms with Crippen LogP contribution in [0.1, 0.15) is 36.1 Å². The number of hydrogen-bond donors (Lipinski definition) is 1. The summed E-state index contributed by atoms with van der Waals surface area (Å²) in [5, 5.41) is 2.97. The second-order valence-electron chi connectivity index (χ2n) is 11.4. The van der Waals surface area contributed by atoms with Crippen LogP contribution in [-0.2, 0) is 32.6 Å². The molecule has 0 unspecified atom stereocenters. The third-order valence-corrected chi connectivity index (χ3v) is 9.21. The fourth-order valence-electron chi connectivity index (χ4n) is 4.94. The lowest BCUT2D eigenvalue weighted by Gasteiger charge is -2.34. The average Bonchev–Trinajstić information content (AvgIpc) is 3.02. The highest BCUT2D eigenvalue weighted by Crippen LogP contribution is 2.27. The van der Waals surface area contributed by atoms with Gasteiger partial charge in [0.05, 0.1) is 17.7 Å². The van der Waals surface area contributed by atoms with Crippen molar-refractivity contribution in [3.05, 3.63) is 125 Å². The Kier molecular flexibility index (Phi) is 11.0. The molecule has 0 bridgehead atoms. The highest BCUT2D eigenvalue weighted by Gasteiger charge is 2.34. The monoisotopic (exact) mass is 627 g/mol. The van der Waals surface area contributed by atoms with Crippen LogP contribution in [0, 0.1) is 13.8 Å². The van der Waals surface area contributed by atoms with E-state index in [0.717, 1.165) is 26.6 Å². The van der Waals surface area contributed by atoms with Crippen LogP contribution >= 0.6 is 0 Å². The van der Waals surface area contributed by atoms with Crippen LogP contribution in [0.15, 0.2) is 108 Å². The van der Waals surface area contributed by atoms with Gasteiger partial charge in [-0.3, -0.25) is 13.9 Å². The summed E-state index contributed by atoms with van der Waals surface area (Å²) in [4.78, 5) is 29.8. The summed E-state index contributed by atoms with van der Waals surface area (Å²) < 4.78 is 34.7. The van der Waals surface area contributed by atoms with Crippen LogP contribution < -0.4 is 14.4 Å². The molecule has 236 valence electrons. The molecule has 2 amide bonds. The van der Waals surface area contributed by atoms with E-state index in [2.05, 4.69) is 5.32 Å². The van der Waals surface area contributed by atoms with Crippen molar-refractivity contribution in [2.75, 3.05) is 18.0 Å². The van der Waals surface area contributed by atoms with Gasteiger partial charge in [0.25, 0.3) is 10.0 Å². The van der Waals surface area contributed by atoms with Crippen LogP contribution in [0.3, 0.4) is 0 Å². The Hall–Kier alpha value is -4.63. The molecule has 1 N–H and O–H groups in total. The maximum Gasteiger partial charge on any atom is 0.264 e. The topological polar surface area (TPSA) is 96.0 Å². The first-order valence-corrected chi connectivity index (χ1v) is 16.3. The van der Waals surface area contributed by atoms with E-state index in [1.54, 1.807) is 36.4 Å². The summed E-state index contributed by atoms with van der Waals surface area (Å²) in [6.45, 7) is 7.17. The number of ether oxygens (including phenoxy) is 1. The van der Waals surface area contributed by atoms with Crippen molar-refractivity contribution in [1.29, 1.82) is 0 Å². The van der Waals surface area contributed by atoms with Gasteiger partial charge in [-0.25, -0.2) is 8.42 Å². The molecule has 0 aliphatic carbocycles. The second-order valence-corrected chi connectivity index (χ2v) is 13.3. The van der Waals surface area contributed by atoms with Crippen molar-refractivity contribution in [3.63, 3.8) is 0 Å². The van der Waals surface area contributed by atoms with Gasteiger partial charge in [-0.15, -0.1) is 0 Å². The van der Waals surface area contributed by atoms with Crippen molar-refractivity contribution < 1.29 is 22.7 Å². The number of anilines is 1. The van der Waals surface area contributed by atoms with Crippen molar-refractivity contribution in [1.82, 2.24) is 10.2 Å². The number of hydrogen-bond acceptors (Lipinski definition) is 5. The number of benzene rings is 4. The van der Waals surface area contributed by atoms with Gasteiger partial charge in [-0.05, 0) is 75.2 Å². The predicted octanol–water partition coefficient (Wildman–Crippen LogP) is 5.67. The number of sulfonamides is 1. The number of aryl methyl sites for hydroxylation is 2. The number of nitrogens with zero attached hydrogens (tertiary/aromatic N) is 2. The maximum absolute atomic E-state index is 14.5. The lowest BCUT2D eigenvalue weighted by atomic mass is 10.0. The zero-order valence-corrected chi connectivity index (χ0v) is 27.3. The van der Waals surface area contributed by atoms with E-state index in [9.17, 15) is 18.0 Å². The molecule has 0 spiro atoms. The van der Waals surface area contributed by atoms with Crippen LogP contribution in [0.5, 0.6) is 5.75 Å². The molecule has 0 heterocycles. The van der Waals surface area contributed by atoms with Gasteiger partial charge in [-0.1, -0.05) is 77.9 Å². The molecule has 0 aliphatic heterocycles. The van der Waals surface area contributed by atoms with E-state index in [0.29, 0.717) is 11.4 Å². The van der Waals surface area contributed by atoms with Crippen LogP contribution in [-0.4, -0.2) is 50.9 Å². The summed E-state index contributed by atoms with van der Waals surface area (Å²) in [5.41, 5.74) is 3.96. The molecule has 0 radical (unpaired) electrons. The standard InChI is InChI=1S/C36H41N3O5S/c1-26(2)37-36(41)34(23-29-9-7-6-8-10-29)38(24-30-15-11-27(3)12-16-30)35(40)25-39(31-17-19-32(44-5)20-18-31)45(42,43)33-21-13-28(4)14-22-33/h6-22,26,34H,23-25H2,1-5H3,(H,37,41)/t34-/m0/s1. The zero-order chi connectivity index (χ0) is 32.6. The molecule has 4 rings (SSSR count). The van der Waals surface area contributed by atoms with E-state index >= 15 is 0 Å². The molecule has 4 aromatic rings. The van der Waals surface area contributed by atoms with Gasteiger partial charge in [0.2, 0.25) is 11.8 Å². The summed E-state index contributed by atoms with van der Waals surface area (Å²) in [5.74, 6) is -0.277. The normalized spacial score (nSPS) is 12.0. The Labute approximate surface area is 266 Å². The smallest absolute Gasteiger partial charge is 0.264 e. The summed E-state index contributed by atoms with van der Waals surface area (Å²) in [7, 11) is -2.65. The molecule has 0 aliphatic rings. The molecule has 45 heavy (non-hydrogen) atoms. The lowest BCUT2D eigenvalue weighted by Crippen LogP contribution is -2.54. The van der Waals surface area contributed by atoms with Crippen molar-refractivity contribution in [2.24, 2.45) is 0 Å². The SMILES string of the molecule is COc1ccc(N(CC(=O)N(Cc2ccc(C)cc2)[C@@H](Cc2ccccc2)C(=O)NC(C)C)S(=O)(=O)c2ccc(C)cc2)cc1. The molecule has 0 fully saturated rings. The molecule has 4 aromatic carbocycles. The number of methoxy groups -OCH3 is 1. The molecule has 0 saturated heterocycles. The first-order valence-electron chi connectivity index (χ1n) is 14.9. The maximum atomic E-state index is 14.5. The van der Waals surface area contributed by atoms with Crippen LogP contribution in [0.25, 0.3) is 0 Å². The second kappa shape index (κ2) is 14.9. The lowest BCUT2D eigenvalue weighted by molar-refractivity contribution is -0.140. The van der Waals surface area contributed by atoms with Crippen LogP contribution in [0.2, 0.25) is 0 Å². The van der Waals surface area contributed by atoms with E-state index in [1.807, 2.05) is 82.3 Å². The number of nitrogens with one attached hydrogen (secondary N) is 1. The Morgan fingerprint density at radius 2 is 1.36 bits per heavy atom. The van der Waals surface area contributed by atoms with E-state index in [4.69, 9.17) is 4.74 Å². The molecule has 9 heteroatoms. The van der Waals surface area contributed by atoms with Gasteiger partial charge in [0.15, 0.2) is 0 Å². The molecule has 0 saturated carbocycles. The summed E-state index contributed by atoms with van der Waals surface area (Å²) in [6.07, 6.45) is 0.254. The fraction of sp³-hybridized carbons (Fsp3) is 0.278. The number of carbonyl (C=O) groups excluding carboxylic acids is 2. The van der Waals surface area contributed by atoms with Crippen molar-refractivity contribution in [2.45, 2.75) is 57.6 Å². The van der Waals surface area contributed by atoms with Crippen molar-refractivity contribution in [3.8, 4) is 5.75 Å². The largest absolute Gasteiger partial charge is 0.497 e. The zero-order valence-electron chi connectivity index (χ0n) is 26.4. The first-order chi connectivity index (χ1) is 21.5. The Bertz CT molecular complexity index is 1670. The third-order valence-electron chi connectivity index (χ3n) is 7.42. The van der Waals surface area contributed by atoms with Gasteiger partial charge in [0, 0.05) is 19.0 Å². The number of amides is 2. The van der Waals surface area contributed by atoms with Gasteiger partial charge in [0.1, 0.15) is 18.3 Å². The van der Waals surface area contributed by atoms with E-state index in [1.165, 1.54) is 24.1 Å². The predicted molar refractivity (Wildman–Crippen MR) is 178 cm³/mol.